The molecule has 26 heavy (non-hydrogen) atoms. The van der Waals surface area contributed by atoms with Gasteiger partial charge in [-0.3, -0.25) is 9.59 Å². The summed E-state index contributed by atoms with van der Waals surface area (Å²) in [6, 6.07) is 5.90. The standard InChI is InChI=1S/C19H26N2O5/c1-4-5-15(19(24)25)20-18(23)14-10-11-16(22)21(2)17(14)12-6-8-13(26-3)9-7-12/h6-9,14-15,17H,4-5,10-11H2,1-3H3,(H,20,23)(H,24,25). The molecule has 142 valence electrons. The summed E-state index contributed by atoms with van der Waals surface area (Å²) in [5.41, 5.74) is 0.823. The van der Waals surface area contributed by atoms with Crippen LogP contribution in [-0.4, -0.2) is 48.0 Å². The van der Waals surface area contributed by atoms with Gasteiger partial charge in [-0.15, -0.1) is 0 Å². The number of ether oxygens (including phenoxy) is 1. The van der Waals surface area contributed by atoms with Crippen LogP contribution in [0, 0.1) is 5.92 Å². The van der Waals surface area contributed by atoms with Crippen molar-refractivity contribution in [3.8, 4) is 5.75 Å². The van der Waals surface area contributed by atoms with Gasteiger partial charge in [-0.2, -0.15) is 0 Å². The van der Waals surface area contributed by atoms with Gasteiger partial charge in [0.05, 0.1) is 19.1 Å². The number of methoxy groups -OCH3 is 1. The number of carboxylic acids is 1. The summed E-state index contributed by atoms with van der Waals surface area (Å²) in [5, 5.41) is 11.9. The number of nitrogens with one attached hydrogen (secondary N) is 1. The van der Waals surface area contributed by atoms with E-state index in [0.717, 1.165) is 5.56 Å². The quantitative estimate of drug-likeness (QED) is 0.773. The molecule has 3 unspecified atom stereocenters. The van der Waals surface area contributed by atoms with Crippen LogP contribution in [0.1, 0.15) is 44.2 Å². The molecule has 1 saturated heterocycles. The predicted octanol–water partition coefficient (Wildman–Crippen LogP) is 1.97. The average Bonchev–Trinajstić information content (AvgIpc) is 2.63. The van der Waals surface area contributed by atoms with Gasteiger partial charge in [0.2, 0.25) is 11.8 Å². The van der Waals surface area contributed by atoms with Crippen molar-refractivity contribution in [1.82, 2.24) is 10.2 Å². The van der Waals surface area contributed by atoms with Crippen LogP contribution in [0.4, 0.5) is 0 Å². The van der Waals surface area contributed by atoms with Crippen molar-refractivity contribution in [2.24, 2.45) is 5.92 Å². The van der Waals surface area contributed by atoms with E-state index in [1.165, 1.54) is 0 Å². The molecule has 1 aromatic carbocycles. The maximum Gasteiger partial charge on any atom is 0.326 e. The SMILES string of the molecule is CCCC(NC(=O)C1CCC(=O)N(C)C1c1ccc(OC)cc1)C(=O)O. The smallest absolute Gasteiger partial charge is 0.326 e. The molecule has 1 heterocycles. The monoisotopic (exact) mass is 362 g/mol. The number of likely N-dealkylation sites (tertiary alicyclic amines) is 1. The molecule has 0 aliphatic carbocycles. The van der Waals surface area contributed by atoms with Gasteiger partial charge in [0, 0.05) is 13.5 Å². The highest BCUT2D eigenvalue weighted by molar-refractivity contribution is 5.88. The minimum atomic E-state index is -1.04. The summed E-state index contributed by atoms with van der Waals surface area (Å²) in [7, 11) is 3.25. The van der Waals surface area contributed by atoms with E-state index in [4.69, 9.17) is 4.74 Å². The Bertz CT molecular complexity index is 658. The molecule has 0 spiro atoms. The van der Waals surface area contributed by atoms with Crippen LogP contribution in [0.5, 0.6) is 5.75 Å². The number of carbonyl (C=O) groups excluding carboxylic acids is 2. The third kappa shape index (κ3) is 4.33. The van der Waals surface area contributed by atoms with Crippen molar-refractivity contribution in [2.45, 2.75) is 44.7 Å². The van der Waals surface area contributed by atoms with Crippen molar-refractivity contribution in [3.05, 3.63) is 29.8 Å². The Labute approximate surface area is 153 Å². The van der Waals surface area contributed by atoms with Crippen LogP contribution in [0.25, 0.3) is 0 Å². The van der Waals surface area contributed by atoms with Crippen molar-refractivity contribution in [2.75, 3.05) is 14.2 Å². The highest BCUT2D eigenvalue weighted by Gasteiger charge is 2.39. The fraction of sp³-hybridized carbons (Fsp3) is 0.526. The average molecular weight is 362 g/mol. The Hall–Kier alpha value is -2.57. The second-order valence-corrected chi connectivity index (χ2v) is 6.56. The van der Waals surface area contributed by atoms with E-state index in [2.05, 4.69) is 5.32 Å². The van der Waals surface area contributed by atoms with Crippen molar-refractivity contribution >= 4 is 17.8 Å². The van der Waals surface area contributed by atoms with Gasteiger partial charge in [0.25, 0.3) is 0 Å². The molecule has 0 radical (unpaired) electrons. The first kappa shape index (κ1) is 19.8. The van der Waals surface area contributed by atoms with Crippen LogP contribution >= 0.6 is 0 Å². The Kier molecular flexibility index (Phi) is 6.60. The van der Waals surface area contributed by atoms with Gasteiger partial charge in [0.1, 0.15) is 11.8 Å². The Morgan fingerprint density at radius 1 is 1.35 bits per heavy atom. The van der Waals surface area contributed by atoms with E-state index in [0.29, 0.717) is 25.0 Å². The molecule has 2 N–H and O–H groups in total. The van der Waals surface area contributed by atoms with Crippen LogP contribution in [0.15, 0.2) is 24.3 Å². The number of nitrogens with zero attached hydrogens (tertiary/aromatic N) is 1. The van der Waals surface area contributed by atoms with Crippen molar-refractivity contribution < 1.29 is 24.2 Å². The number of carbonyl (C=O) groups is 3. The summed E-state index contributed by atoms with van der Waals surface area (Å²) in [6.07, 6.45) is 1.69. The first-order valence-electron chi connectivity index (χ1n) is 8.81. The molecule has 1 aliphatic rings. The highest BCUT2D eigenvalue weighted by atomic mass is 16.5. The third-order valence-electron chi connectivity index (χ3n) is 4.85. The molecule has 0 aromatic heterocycles. The van der Waals surface area contributed by atoms with E-state index < -0.39 is 24.0 Å². The lowest BCUT2D eigenvalue weighted by Gasteiger charge is -2.39. The van der Waals surface area contributed by atoms with E-state index in [1.807, 2.05) is 19.1 Å². The zero-order valence-electron chi connectivity index (χ0n) is 15.4. The molecule has 1 aromatic rings. The minimum absolute atomic E-state index is 0.0294. The van der Waals surface area contributed by atoms with E-state index in [1.54, 1.807) is 31.2 Å². The topological polar surface area (TPSA) is 95.9 Å². The van der Waals surface area contributed by atoms with Gasteiger partial charge in [-0.25, -0.2) is 4.79 Å². The lowest BCUT2D eigenvalue weighted by molar-refractivity contribution is -0.146. The zero-order chi connectivity index (χ0) is 19.3. The minimum Gasteiger partial charge on any atom is -0.497 e. The van der Waals surface area contributed by atoms with Gasteiger partial charge in [-0.05, 0) is 30.5 Å². The molecular weight excluding hydrogens is 336 g/mol. The van der Waals surface area contributed by atoms with Crippen LogP contribution in [-0.2, 0) is 14.4 Å². The molecule has 7 nitrogen and oxygen atoms in total. The number of rotatable bonds is 7. The molecule has 0 saturated carbocycles. The van der Waals surface area contributed by atoms with Crippen LogP contribution in [0.2, 0.25) is 0 Å². The molecule has 7 heteroatoms. The molecule has 2 rings (SSSR count). The summed E-state index contributed by atoms with van der Waals surface area (Å²) < 4.78 is 5.16. The van der Waals surface area contributed by atoms with Gasteiger partial charge >= 0.3 is 5.97 Å². The van der Waals surface area contributed by atoms with Crippen molar-refractivity contribution in [1.29, 1.82) is 0 Å². The number of hydrogen-bond acceptors (Lipinski definition) is 4. The first-order valence-corrected chi connectivity index (χ1v) is 8.81. The fourth-order valence-corrected chi connectivity index (χ4v) is 3.39. The summed E-state index contributed by atoms with van der Waals surface area (Å²) >= 11 is 0. The summed E-state index contributed by atoms with van der Waals surface area (Å²) in [5.74, 6) is -1.20. The second kappa shape index (κ2) is 8.69. The lowest BCUT2D eigenvalue weighted by Crippen LogP contribution is -2.50. The number of hydrogen-bond donors (Lipinski definition) is 2. The zero-order valence-corrected chi connectivity index (χ0v) is 15.4. The fourth-order valence-electron chi connectivity index (χ4n) is 3.39. The maximum atomic E-state index is 12.8. The molecule has 2 amide bonds. The van der Waals surface area contributed by atoms with E-state index >= 15 is 0 Å². The van der Waals surface area contributed by atoms with E-state index in [-0.39, 0.29) is 18.2 Å². The maximum absolute atomic E-state index is 12.8. The number of amides is 2. The molecule has 0 bridgehead atoms. The number of carboxylic acid groups (broad SMARTS) is 1. The lowest BCUT2D eigenvalue weighted by atomic mass is 9.83. The van der Waals surface area contributed by atoms with Crippen LogP contribution < -0.4 is 10.1 Å². The molecule has 3 atom stereocenters. The highest BCUT2D eigenvalue weighted by Crippen LogP contribution is 2.36. The normalized spacial score (nSPS) is 21.2. The Morgan fingerprint density at radius 3 is 2.54 bits per heavy atom. The van der Waals surface area contributed by atoms with Crippen molar-refractivity contribution in [3.63, 3.8) is 0 Å². The molecule has 1 aliphatic heterocycles. The van der Waals surface area contributed by atoms with E-state index in [9.17, 15) is 19.5 Å². The summed E-state index contributed by atoms with van der Waals surface area (Å²) in [4.78, 5) is 37.9. The number of benzene rings is 1. The number of piperidine rings is 1. The van der Waals surface area contributed by atoms with Gasteiger partial charge in [0.15, 0.2) is 0 Å². The summed E-state index contributed by atoms with van der Waals surface area (Å²) in [6.45, 7) is 1.87. The predicted molar refractivity (Wildman–Crippen MR) is 95.7 cm³/mol. The molecule has 1 fully saturated rings. The first-order chi connectivity index (χ1) is 12.4. The second-order valence-electron chi connectivity index (χ2n) is 6.56. The largest absolute Gasteiger partial charge is 0.497 e. The van der Waals surface area contributed by atoms with Gasteiger partial charge < -0.3 is 20.1 Å². The Balaban J connectivity index is 2.26. The number of aliphatic carboxylic acids is 1. The third-order valence-corrected chi connectivity index (χ3v) is 4.85. The van der Waals surface area contributed by atoms with Gasteiger partial charge in [-0.1, -0.05) is 25.5 Å². The van der Waals surface area contributed by atoms with Crippen LogP contribution in [0.3, 0.4) is 0 Å². The molecular formula is C19H26N2O5. The Morgan fingerprint density at radius 2 is 2.00 bits per heavy atom.